The maximum absolute atomic E-state index is 12.1. The fourth-order valence-corrected chi connectivity index (χ4v) is 3.47. The summed E-state index contributed by atoms with van der Waals surface area (Å²) in [6.45, 7) is 4.11. The normalized spacial score (nSPS) is 13.9. The third-order valence-corrected chi connectivity index (χ3v) is 4.75. The molecule has 2 amide bonds. The largest absolute Gasteiger partial charge is 0.334 e. The lowest BCUT2D eigenvalue weighted by Crippen LogP contribution is -2.42. The van der Waals surface area contributed by atoms with Gasteiger partial charge in [0.2, 0.25) is 0 Å². The van der Waals surface area contributed by atoms with E-state index in [1.54, 1.807) is 0 Å². The van der Waals surface area contributed by atoms with Gasteiger partial charge in [0.1, 0.15) is 0 Å². The lowest BCUT2D eigenvalue weighted by atomic mass is 10.1. The third-order valence-electron chi connectivity index (χ3n) is 3.27. The molecule has 114 valence electrons. The molecule has 2 N–H and O–H groups in total. The zero-order chi connectivity index (χ0) is 15.2. The second-order valence-corrected chi connectivity index (χ2v) is 6.50. The van der Waals surface area contributed by atoms with Crippen LogP contribution >= 0.6 is 22.9 Å². The van der Waals surface area contributed by atoms with Gasteiger partial charge in [-0.1, -0.05) is 43.7 Å². The number of benzene rings is 1. The Balaban J connectivity index is 1.97. The number of rotatable bonds is 6. The minimum atomic E-state index is -0.248. The zero-order valence-electron chi connectivity index (χ0n) is 12.2. The molecule has 0 bridgehead atoms. The third kappa shape index (κ3) is 4.32. The van der Waals surface area contributed by atoms with E-state index in [1.807, 2.05) is 31.2 Å². The fraction of sp³-hybridized carbons (Fsp3) is 0.467. The first kappa shape index (κ1) is 16.0. The molecule has 0 spiro atoms. The Labute approximate surface area is 133 Å². The van der Waals surface area contributed by atoms with Crippen molar-refractivity contribution in [3.05, 3.63) is 24.3 Å². The standard InChI is InChI=1S/C15H20ClN3OS/c1-3-7-10(16)11(4-2)17-14(20)19-15-18-12-8-5-6-9-13(12)21-15/h5-6,8-11H,3-4,7H2,1-2H3,(H2,17,18,19,20). The average Bonchev–Trinajstić information content (AvgIpc) is 2.86. The minimum absolute atomic E-state index is 0.0269. The van der Waals surface area contributed by atoms with Crippen LogP contribution in [0, 0.1) is 0 Å². The molecule has 1 aromatic carbocycles. The molecule has 0 saturated heterocycles. The highest BCUT2D eigenvalue weighted by molar-refractivity contribution is 7.22. The molecule has 21 heavy (non-hydrogen) atoms. The summed E-state index contributed by atoms with van der Waals surface area (Å²) in [7, 11) is 0. The van der Waals surface area contributed by atoms with Crippen LogP contribution in [0.2, 0.25) is 0 Å². The molecule has 0 saturated carbocycles. The number of thiazole rings is 1. The lowest BCUT2D eigenvalue weighted by Gasteiger charge is -2.21. The Hall–Kier alpha value is -1.33. The van der Waals surface area contributed by atoms with Crippen LogP contribution < -0.4 is 10.6 Å². The van der Waals surface area contributed by atoms with E-state index in [-0.39, 0.29) is 17.5 Å². The summed E-state index contributed by atoms with van der Waals surface area (Å²) in [6.07, 6.45) is 2.70. The number of carbonyl (C=O) groups is 1. The molecular formula is C15H20ClN3OS. The van der Waals surface area contributed by atoms with Crippen LogP contribution in [-0.4, -0.2) is 22.4 Å². The molecule has 0 aliphatic heterocycles. The Morgan fingerprint density at radius 1 is 1.38 bits per heavy atom. The number of anilines is 1. The van der Waals surface area contributed by atoms with Crippen molar-refractivity contribution in [2.45, 2.75) is 44.5 Å². The Bertz CT molecular complexity index is 568. The Morgan fingerprint density at radius 2 is 2.14 bits per heavy atom. The quantitative estimate of drug-likeness (QED) is 0.762. The number of hydrogen-bond donors (Lipinski definition) is 2. The van der Waals surface area contributed by atoms with Crippen molar-refractivity contribution in [2.24, 2.45) is 0 Å². The van der Waals surface area contributed by atoms with E-state index < -0.39 is 0 Å². The van der Waals surface area contributed by atoms with E-state index in [1.165, 1.54) is 11.3 Å². The number of para-hydroxylation sites is 1. The predicted molar refractivity (Wildman–Crippen MR) is 90.4 cm³/mol. The van der Waals surface area contributed by atoms with Crippen molar-refractivity contribution in [2.75, 3.05) is 5.32 Å². The van der Waals surface area contributed by atoms with Crippen molar-refractivity contribution < 1.29 is 4.79 Å². The second kappa shape index (κ2) is 7.61. The maximum Gasteiger partial charge on any atom is 0.321 e. The van der Waals surface area contributed by atoms with Gasteiger partial charge in [0.15, 0.2) is 5.13 Å². The molecule has 0 radical (unpaired) electrons. The van der Waals surface area contributed by atoms with Gasteiger partial charge in [-0.3, -0.25) is 5.32 Å². The summed E-state index contributed by atoms with van der Waals surface area (Å²) in [6, 6.07) is 7.53. The van der Waals surface area contributed by atoms with Crippen LogP contribution in [0.25, 0.3) is 10.2 Å². The van der Waals surface area contributed by atoms with Crippen molar-refractivity contribution in [1.82, 2.24) is 10.3 Å². The maximum atomic E-state index is 12.1. The molecule has 6 heteroatoms. The zero-order valence-corrected chi connectivity index (χ0v) is 13.8. The highest BCUT2D eigenvalue weighted by Crippen LogP contribution is 2.25. The molecular weight excluding hydrogens is 306 g/mol. The number of aromatic nitrogens is 1. The van der Waals surface area contributed by atoms with Gasteiger partial charge in [0.25, 0.3) is 0 Å². The van der Waals surface area contributed by atoms with Crippen LogP contribution in [0.1, 0.15) is 33.1 Å². The first-order chi connectivity index (χ1) is 10.1. The van der Waals surface area contributed by atoms with E-state index >= 15 is 0 Å². The molecule has 2 unspecified atom stereocenters. The number of amides is 2. The van der Waals surface area contributed by atoms with Gasteiger partial charge in [0.05, 0.1) is 15.6 Å². The summed E-state index contributed by atoms with van der Waals surface area (Å²) in [5, 5.41) is 6.28. The monoisotopic (exact) mass is 325 g/mol. The molecule has 0 fully saturated rings. The van der Waals surface area contributed by atoms with E-state index in [2.05, 4.69) is 22.5 Å². The summed E-state index contributed by atoms with van der Waals surface area (Å²) in [4.78, 5) is 16.4. The van der Waals surface area contributed by atoms with Gasteiger partial charge in [-0.15, -0.1) is 11.6 Å². The number of halogens is 1. The number of nitrogens with zero attached hydrogens (tertiary/aromatic N) is 1. The number of carbonyl (C=O) groups excluding carboxylic acids is 1. The van der Waals surface area contributed by atoms with Gasteiger partial charge in [-0.2, -0.15) is 0 Å². The van der Waals surface area contributed by atoms with Crippen molar-refractivity contribution in [1.29, 1.82) is 0 Å². The molecule has 2 rings (SSSR count). The SMILES string of the molecule is CCCC(Cl)C(CC)NC(=O)Nc1nc2ccccc2s1. The first-order valence-electron chi connectivity index (χ1n) is 7.21. The fourth-order valence-electron chi connectivity index (χ4n) is 2.15. The van der Waals surface area contributed by atoms with Crippen molar-refractivity contribution in [3.63, 3.8) is 0 Å². The topological polar surface area (TPSA) is 54.0 Å². The lowest BCUT2D eigenvalue weighted by molar-refractivity contribution is 0.247. The Morgan fingerprint density at radius 3 is 2.81 bits per heavy atom. The summed E-state index contributed by atoms with van der Waals surface area (Å²) >= 11 is 7.77. The van der Waals surface area contributed by atoms with E-state index in [9.17, 15) is 4.79 Å². The first-order valence-corrected chi connectivity index (χ1v) is 8.46. The second-order valence-electron chi connectivity index (χ2n) is 4.90. The van der Waals surface area contributed by atoms with E-state index in [0.717, 1.165) is 29.5 Å². The van der Waals surface area contributed by atoms with Crippen LogP contribution in [0.5, 0.6) is 0 Å². The number of urea groups is 1. The van der Waals surface area contributed by atoms with E-state index in [4.69, 9.17) is 11.6 Å². The molecule has 2 aromatic rings. The van der Waals surface area contributed by atoms with Crippen molar-refractivity contribution >= 4 is 44.3 Å². The number of nitrogens with one attached hydrogen (secondary N) is 2. The summed E-state index contributed by atoms with van der Waals surface area (Å²) < 4.78 is 1.06. The van der Waals surface area contributed by atoms with Crippen LogP contribution in [0.15, 0.2) is 24.3 Å². The highest BCUT2D eigenvalue weighted by Gasteiger charge is 2.19. The number of alkyl halides is 1. The summed E-state index contributed by atoms with van der Waals surface area (Å²) in [5.41, 5.74) is 0.894. The number of hydrogen-bond acceptors (Lipinski definition) is 3. The number of fused-ring (bicyclic) bond motifs is 1. The van der Waals surface area contributed by atoms with Crippen LogP contribution in [0.4, 0.5) is 9.93 Å². The van der Waals surface area contributed by atoms with E-state index in [0.29, 0.717) is 5.13 Å². The van der Waals surface area contributed by atoms with Gasteiger partial charge in [-0.25, -0.2) is 9.78 Å². The highest BCUT2D eigenvalue weighted by atomic mass is 35.5. The van der Waals surface area contributed by atoms with Gasteiger partial charge in [-0.05, 0) is 25.0 Å². The Kier molecular flexibility index (Phi) is 5.82. The average molecular weight is 326 g/mol. The van der Waals surface area contributed by atoms with Gasteiger partial charge in [0, 0.05) is 6.04 Å². The molecule has 1 aromatic heterocycles. The molecule has 2 atom stereocenters. The van der Waals surface area contributed by atoms with Crippen LogP contribution in [0.3, 0.4) is 0 Å². The van der Waals surface area contributed by atoms with Crippen LogP contribution in [-0.2, 0) is 0 Å². The predicted octanol–water partition coefficient (Wildman–Crippen LogP) is 4.60. The molecule has 0 aliphatic rings. The molecule has 4 nitrogen and oxygen atoms in total. The summed E-state index contributed by atoms with van der Waals surface area (Å²) in [5.74, 6) is 0. The minimum Gasteiger partial charge on any atom is -0.334 e. The van der Waals surface area contributed by atoms with Gasteiger partial charge < -0.3 is 5.32 Å². The van der Waals surface area contributed by atoms with Gasteiger partial charge >= 0.3 is 6.03 Å². The smallest absolute Gasteiger partial charge is 0.321 e. The van der Waals surface area contributed by atoms with Crippen molar-refractivity contribution in [3.8, 4) is 0 Å². The molecule has 0 aliphatic carbocycles. The molecule has 1 heterocycles.